The van der Waals surface area contributed by atoms with E-state index in [0.29, 0.717) is 6.54 Å². The molecule has 0 amide bonds. The van der Waals surface area contributed by atoms with Crippen molar-refractivity contribution in [3.63, 3.8) is 0 Å². The molecule has 1 aromatic rings. The van der Waals surface area contributed by atoms with Crippen LogP contribution in [0.1, 0.15) is 12.5 Å². The minimum Gasteiger partial charge on any atom is -0.496 e. The van der Waals surface area contributed by atoms with Gasteiger partial charge in [0, 0.05) is 6.54 Å². The molecular formula is C12H19NO2. The number of aliphatic hydroxyl groups is 1. The Hall–Kier alpha value is -1.06. The van der Waals surface area contributed by atoms with Crippen molar-refractivity contribution in [3.8, 4) is 5.75 Å². The van der Waals surface area contributed by atoms with Gasteiger partial charge in [0.25, 0.3) is 0 Å². The van der Waals surface area contributed by atoms with Crippen LogP contribution < -0.4 is 10.1 Å². The second-order valence-corrected chi connectivity index (χ2v) is 3.61. The quantitative estimate of drug-likeness (QED) is 0.692. The third-order valence-electron chi connectivity index (χ3n) is 2.20. The Morgan fingerprint density at radius 3 is 2.80 bits per heavy atom. The lowest BCUT2D eigenvalue weighted by Gasteiger charge is -2.09. The highest BCUT2D eigenvalue weighted by molar-refractivity contribution is 5.33. The molecule has 0 radical (unpaired) electrons. The Balaban J connectivity index is 2.36. The van der Waals surface area contributed by atoms with Gasteiger partial charge >= 0.3 is 0 Å². The zero-order chi connectivity index (χ0) is 11.1. The third kappa shape index (κ3) is 4.32. The molecule has 1 atom stereocenters. The fourth-order valence-electron chi connectivity index (χ4n) is 1.44. The lowest BCUT2D eigenvalue weighted by Crippen LogP contribution is -2.26. The first-order chi connectivity index (χ1) is 7.24. The Morgan fingerprint density at radius 2 is 2.13 bits per heavy atom. The predicted molar refractivity (Wildman–Crippen MR) is 61.2 cm³/mol. The van der Waals surface area contributed by atoms with Crippen LogP contribution in [0.3, 0.4) is 0 Å². The van der Waals surface area contributed by atoms with Gasteiger partial charge in [-0.05, 0) is 31.5 Å². The number of benzene rings is 1. The van der Waals surface area contributed by atoms with Crippen molar-refractivity contribution >= 4 is 0 Å². The molecule has 0 fully saturated rings. The van der Waals surface area contributed by atoms with Crippen molar-refractivity contribution in [1.29, 1.82) is 0 Å². The molecule has 2 N–H and O–H groups in total. The molecule has 3 heteroatoms. The summed E-state index contributed by atoms with van der Waals surface area (Å²) in [7, 11) is 1.68. The molecule has 84 valence electrons. The summed E-state index contributed by atoms with van der Waals surface area (Å²) in [6.45, 7) is 3.26. The number of nitrogens with one attached hydrogen (secondary N) is 1. The maximum absolute atomic E-state index is 9.06. The first kappa shape index (κ1) is 12.0. The van der Waals surface area contributed by atoms with E-state index in [9.17, 15) is 0 Å². The number of methoxy groups -OCH3 is 1. The van der Waals surface area contributed by atoms with Crippen LogP contribution in [0.25, 0.3) is 0 Å². The van der Waals surface area contributed by atoms with E-state index in [1.165, 1.54) is 5.56 Å². The standard InChI is InChI=1S/C12H19NO2/c1-10(14)9-13-8-7-11-5-3-4-6-12(11)15-2/h3-6,10,13-14H,7-9H2,1-2H3. The third-order valence-corrected chi connectivity index (χ3v) is 2.20. The first-order valence-electron chi connectivity index (χ1n) is 5.24. The van der Waals surface area contributed by atoms with Crippen LogP contribution in [0.15, 0.2) is 24.3 Å². The molecule has 3 nitrogen and oxygen atoms in total. The fourth-order valence-corrected chi connectivity index (χ4v) is 1.44. The maximum atomic E-state index is 9.06. The number of para-hydroxylation sites is 1. The fraction of sp³-hybridized carbons (Fsp3) is 0.500. The average molecular weight is 209 g/mol. The zero-order valence-corrected chi connectivity index (χ0v) is 9.36. The van der Waals surface area contributed by atoms with Crippen LogP contribution in [0.2, 0.25) is 0 Å². The van der Waals surface area contributed by atoms with Crippen LogP contribution in [0.4, 0.5) is 0 Å². The summed E-state index contributed by atoms with van der Waals surface area (Å²) in [6.07, 6.45) is 0.624. The van der Waals surface area contributed by atoms with E-state index in [-0.39, 0.29) is 6.10 Å². The minimum absolute atomic E-state index is 0.289. The molecule has 0 aliphatic carbocycles. The van der Waals surface area contributed by atoms with Gasteiger partial charge in [-0.3, -0.25) is 0 Å². The molecule has 1 aromatic carbocycles. The summed E-state index contributed by atoms with van der Waals surface area (Å²) in [6, 6.07) is 7.99. The number of hydrogen-bond acceptors (Lipinski definition) is 3. The molecule has 0 bridgehead atoms. The number of aliphatic hydroxyl groups excluding tert-OH is 1. The van der Waals surface area contributed by atoms with Crippen molar-refractivity contribution in [2.24, 2.45) is 0 Å². The van der Waals surface area contributed by atoms with Gasteiger partial charge in [0.15, 0.2) is 0 Å². The van der Waals surface area contributed by atoms with Crippen molar-refractivity contribution < 1.29 is 9.84 Å². The highest BCUT2D eigenvalue weighted by Gasteiger charge is 2.01. The molecule has 0 saturated carbocycles. The molecule has 0 aliphatic heterocycles. The second-order valence-electron chi connectivity index (χ2n) is 3.61. The highest BCUT2D eigenvalue weighted by atomic mass is 16.5. The molecule has 1 rings (SSSR count). The van der Waals surface area contributed by atoms with E-state index in [1.807, 2.05) is 18.2 Å². The molecule has 15 heavy (non-hydrogen) atoms. The molecule has 0 saturated heterocycles. The number of hydrogen-bond donors (Lipinski definition) is 2. The van der Waals surface area contributed by atoms with Crippen LogP contribution in [0.5, 0.6) is 5.75 Å². The van der Waals surface area contributed by atoms with Crippen molar-refractivity contribution in [3.05, 3.63) is 29.8 Å². The van der Waals surface area contributed by atoms with Gasteiger partial charge in [-0.25, -0.2) is 0 Å². The Labute approximate surface area is 91.1 Å². The Bertz CT molecular complexity index is 287. The molecule has 0 aromatic heterocycles. The summed E-state index contributed by atoms with van der Waals surface area (Å²) < 4.78 is 5.25. The van der Waals surface area contributed by atoms with Gasteiger partial charge in [-0.2, -0.15) is 0 Å². The van der Waals surface area contributed by atoms with Crippen molar-refractivity contribution in [2.45, 2.75) is 19.4 Å². The Morgan fingerprint density at radius 1 is 1.40 bits per heavy atom. The van der Waals surface area contributed by atoms with Gasteiger partial charge < -0.3 is 15.2 Å². The van der Waals surface area contributed by atoms with E-state index in [1.54, 1.807) is 14.0 Å². The topological polar surface area (TPSA) is 41.5 Å². The lowest BCUT2D eigenvalue weighted by molar-refractivity contribution is 0.191. The maximum Gasteiger partial charge on any atom is 0.122 e. The van der Waals surface area contributed by atoms with Crippen molar-refractivity contribution in [1.82, 2.24) is 5.32 Å². The first-order valence-corrected chi connectivity index (χ1v) is 5.24. The van der Waals surface area contributed by atoms with E-state index in [0.717, 1.165) is 18.7 Å². The van der Waals surface area contributed by atoms with Gasteiger partial charge in [-0.1, -0.05) is 18.2 Å². The van der Waals surface area contributed by atoms with Gasteiger partial charge in [0.1, 0.15) is 5.75 Å². The monoisotopic (exact) mass is 209 g/mol. The molecular weight excluding hydrogens is 190 g/mol. The average Bonchev–Trinajstić information content (AvgIpc) is 2.24. The highest BCUT2D eigenvalue weighted by Crippen LogP contribution is 2.16. The summed E-state index contributed by atoms with van der Waals surface area (Å²) >= 11 is 0. The Kier molecular flexibility index (Phi) is 5.15. The van der Waals surface area contributed by atoms with Gasteiger partial charge in [0.05, 0.1) is 13.2 Å². The number of rotatable bonds is 6. The van der Waals surface area contributed by atoms with Crippen LogP contribution in [-0.4, -0.2) is 31.4 Å². The normalized spacial score (nSPS) is 12.5. The molecule has 0 heterocycles. The molecule has 1 unspecified atom stereocenters. The van der Waals surface area contributed by atoms with Gasteiger partial charge in [-0.15, -0.1) is 0 Å². The van der Waals surface area contributed by atoms with E-state index < -0.39 is 0 Å². The summed E-state index contributed by atoms with van der Waals surface area (Å²) in [4.78, 5) is 0. The van der Waals surface area contributed by atoms with Crippen LogP contribution in [-0.2, 0) is 6.42 Å². The summed E-state index contributed by atoms with van der Waals surface area (Å²) in [5.41, 5.74) is 1.19. The van der Waals surface area contributed by atoms with Crippen LogP contribution >= 0.6 is 0 Å². The van der Waals surface area contributed by atoms with E-state index in [2.05, 4.69) is 11.4 Å². The van der Waals surface area contributed by atoms with Gasteiger partial charge in [0.2, 0.25) is 0 Å². The SMILES string of the molecule is COc1ccccc1CCNCC(C)O. The second kappa shape index (κ2) is 6.43. The minimum atomic E-state index is -0.289. The predicted octanol–water partition coefficient (Wildman–Crippen LogP) is 1.21. The smallest absolute Gasteiger partial charge is 0.122 e. The van der Waals surface area contributed by atoms with E-state index >= 15 is 0 Å². The lowest BCUT2D eigenvalue weighted by atomic mass is 10.1. The zero-order valence-electron chi connectivity index (χ0n) is 9.36. The van der Waals surface area contributed by atoms with Crippen molar-refractivity contribution in [2.75, 3.05) is 20.2 Å². The summed E-state index contributed by atoms with van der Waals surface area (Å²) in [5.74, 6) is 0.927. The largest absolute Gasteiger partial charge is 0.496 e. The summed E-state index contributed by atoms with van der Waals surface area (Å²) in [5, 5.41) is 12.2. The van der Waals surface area contributed by atoms with Crippen LogP contribution in [0, 0.1) is 0 Å². The molecule has 0 aliphatic rings. The van der Waals surface area contributed by atoms with E-state index in [4.69, 9.17) is 9.84 Å². The number of ether oxygens (including phenoxy) is 1. The molecule has 0 spiro atoms.